The zero-order chi connectivity index (χ0) is 21.8. The number of amides is 2. The van der Waals surface area contributed by atoms with Gasteiger partial charge in [0.25, 0.3) is 0 Å². The Morgan fingerprint density at radius 3 is 2.53 bits per heavy atom. The molecule has 0 aliphatic carbocycles. The summed E-state index contributed by atoms with van der Waals surface area (Å²) in [6, 6.07) is 10.4. The molecule has 0 bridgehead atoms. The summed E-state index contributed by atoms with van der Waals surface area (Å²) in [4.78, 5) is 26.8. The van der Waals surface area contributed by atoms with Gasteiger partial charge in [-0.05, 0) is 42.8 Å². The van der Waals surface area contributed by atoms with E-state index >= 15 is 0 Å². The molecule has 9 heteroatoms. The number of nitrogens with one attached hydrogen (secondary N) is 1. The number of halogens is 3. The maximum atomic E-state index is 12.9. The highest BCUT2D eigenvalue weighted by Crippen LogP contribution is 2.36. The summed E-state index contributed by atoms with van der Waals surface area (Å²) in [6.45, 7) is 1.82. The predicted molar refractivity (Wildman–Crippen MR) is 116 cm³/mol. The molecule has 0 aromatic heterocycles. The Balaban J connectivity index is 2.06. The molecule has 2 amide bonds. The van der Waals surface area contributed by atoms with Crippen molar-refractivity contribution in [2.75, 3.05) is 20.3 Å². The van der Waals surface area contributed by atoms with E-state index in [9.17, 15) is 9.59 Å². The second-order valence-electron chi connectivity index (χ2n) is 6.43. The van der Waals surface area contributed by atoms with Gasteiger partial charge in [0.15, 0.2) is 0 Å². The summed E-state index contributed by atoms with van der Waals surface area (Å²) in [6.07, 6.45) is 0. The molecule has 1 atom stereocenters. The van der Waals surface area contributed by atoms with Crippen LogP contribution in [0.2, 0.25) is 15.1 Å². The molecule has 1 aliphatic rings. The second kappa shape index (κ2) is 9.60. The Labute approximate surface area is 189 Å². The third-order valence-corrected chi connectivity index (χ3v) is 5.31. The first-order valence-electron chi connectivity index (χ1n) is 9.09. The Hall–Kier alpha value is -2.41. The fraction of sp³-hybridized carbons (Fsp3) is 0.238. The van der Waals surface area contributed by atoms with E-state index in [2.05, 4.69) is 5.32 Å². The van der Waals surface area contributed by atoms with Gasteiger partial charge in [0, 0.05) is 22.1 Å². The summed E-state index contributed by atoms with van der Waals surface area (Å²) in [7, 11) is 1.55. The Morgan fingerprint density at radius 2 is 1.87 bits per heavy atom. The number of hydrogen-bond acceptors (Lipinski definition) is 4. The van der Waals surface area contributed by atoms with Gasteiger partial charge in [-0.25, -0.2) is 9.59 Å². The largest absolute Gasteiger partial charge is 0.487 e. The van der Waals surface area contributed by atoms with Crippen LogP contribution < -0.4 is 10.1 Å². The van der Waals surface area contributed by atoms with Gasteiger partial charge in [-0.2, -0.15) is 0 Å². The molecule has 6 nitrogen and oxygen atoms in total. The lowest BCUT2D eigenvalue weighted by Crippen LogP contribution is -2.48. The predicted octanol–water partition coefficient (Wildman–Crippen LogP) is 5.24. The zero-order valence-electron chi connectivity index (χ0n) is 16.2. The monoisotopic (exact) mass is 468 g/mol. The first-order valence-corrected chi connectivity index (χ1v) is 10.2. The lowest BCUT2D eigenvalue weighted by atomic mass is 9.94. The van der Waals surface area contributed by atoms with E-state index in [4.69, 9.17) is 44.3 Å². The number of esters is 1. The SMILES string of the molecule is CCOC(=O)C1=C(COc2cccc(Cl)c2)N(C)C(=O)N[C@H]1c1ccc(Cl)cc1Cl. The molecule has 1 aliphatic heterocycles. The van der Waals surface area contributed by atoms with Crippen molar-refractivity contribution in [3.63, 3.8) is 0 Å². The van der Waals surface area contributed by atoms with Crippen molar-refractivity contribution in [2.24, 2.45) is 0 Å². The van der Waals surface area contributed by atoms with Gasteiger partial charge in [0.2, 0.25) is 0 Å². The number of carbonyl (C=O) groups is 2. The average Bonchev–Trinajstić information content (AvgIpc) is 2.69. The standard InChI is InChI=1S/C21H19Cl3N2O4/c1-3-29-20(27)18-17(11-30-14-6-4-5-12(22)9-14)26(2)21(28)25-19(18)15-8-7-13(23)10-16(15)24/h4-10,19H,3,11H2,1-2H3,(H,25,28)/t19-/m0/s1. The van der Waals surface area contributed by atoms with E-state index in [1.807, 2.05) is 0 Å². The summed E-state index contributed by atoms with van der Waals surface area (Å²) in [5.74, 6) is -0.0799. The van der Waals surface area contributed by atoms with Crippen LogP contribution in [-0.2, 0) is 9.53 Å². The smallest absolute Gasteiger partial charge is 0.338 e. The molecule has 3 rings (SSSR count). The third kappa shape index (κ3) is 4.83. The minimum Gasteiger partial charge on any atom is -0.487 e. The molecule has 1 N–H and O–H groups in total. The molecule has 2 aromatic carbocycles. The fourth-order valence-electron chi connectivity index (χ4n) is 3.06. The molecule has 0 radical (unpaired) electrons. The minimum atomic E-state index is -0.824. The van der Waals surface area contributed by atoms with Gasteiger partial charge in [-0.15, -0.1) is 0 Å². The minimum absolute atomic E-state index is 0.0554. The molecule has 0 saturated heterocycles. The highest BCUT2D eigenvalue weighted by atomic mass is 35.5. The van der Waals surface area contributed by atoms with Crippen molar-refractivity contribution in [3.8, 4) is 5.75 Å². The van der Waals surface area contributed by atoms with Crippen molar-refractivity contribution in [3.05, 3.63) is 74.4 Å². The Kier molecular flexibility index (Phi) is 7.13. The molecule has 30 heavy (non-hydrogen) atoms. The number of nitrogens with zero attached hydrogens (tertiary/aromatic N) is 1. The highest BCUT2D eigenvalue weighted by molar-refractivity contribution is 6.35. The van der Waals surface area contributed by atoms with Crippen LogP contribution in [-0.4, -0.2) is 37.2 Å². The molecule has 1 heterocycles. The van der Waals surface area contributed by atoms with Gasteiger partial charge in [0.05, 0.1) is 23.9 Å². The van der Waals surface area contributed by atoms with Crippen molar-refractivity contribution < 1.29 is 19.1 Å². The van der Waals surface area contributed by atoms with Crippen LogP contribution in [0.25, 0.3) is 0 Å². The Morgan fingerprint density at radius 1 is 1.13 bits per heavy atom. The van der Waals surface area contributed by atoms with Gasteiger partial charge >= 0.3 is 12.0 Å². The number of rotatable bonds is 6. The van der Waals surface area contributed by atoms with E-state index in [1.54, 1.807) is 56.4 Å². The van der Waals surface area contributed by atoms with E-state index in [-0.39, 0.29) is 18.8 Å². The molecular weight excluding hydrogens is 451 g/mol. The van der Waals surface area contributed by atoms with Gasteiger partial charge in [0.1, 0.15) is 12.4 Å². The normalized spacial score (nSPS) is 16.4. The van der Waals surface area contributed by atoms with Crippen molar-refractivity contribution in [1.29, 1.82) is 0 Å². The fourth-order valence-corrected chi connectivity index (χ4v) is 3.76. The van der Waals surface area contributed by atoms with Crippen LogP contribution in [0.5, 0.6) is 5.75 Å². The number of urea groups is 1. The first kappa shape index (κ1) is 22.3. The Bertz CT molecular complexity index is 1010. The highest BCUT2D eigenvalue weighted by Gasteiger charge is 2.38. The van der Waals surface area contributed by atoms with Crippen LogP contribution in [0.3, 0.4) is 0 Å². The van der Waals surface area contributed by atoms with E-state index in [0.717, 1.165) is 0 Å². The number of likely N-dealkylation sites (N-methyl/N-ethyl adjacent to an activating group) is 1. The van der Waals surface area contributed by atoms with E-state index in [1.165, 1.54) is 4.90 Å². The van der Waals surface area contributed by atoms with Crippen LogP contribution in [0.1, 0.15) is 18.5 Å². The van der Waals surface area contributed by atoms with Crippen molar-refractivity contribution in [2.45, 2.75) is 13.0 Å². The number of carbonyl (C=O) groups excluding carboxylic acids is 2. The molecule has 0 fully saturated rings. The molecule has 158 valence electrons. The van der Waals surface area contributed by atoms with Crippen LogP contribution in [0.4, 0.5) is 4.79 Å². The van der Waals surface area contributed by atoms with E-state index in [0.29, 0.717) is 32.1 Å². The number of hydrogen-bond donors (Lipinski definition) is 1. The van der Waals surface area contributed by atoms with Crippen molar-refractivity contribution >= 4 is 46.8 Å². The van der Waals surface area contributed by atoms with Gasteiger partial charge in [-0.1, -0.05) is 46.9 Å². The lowest BCUT2D eigenvalue weighted by Gasteiger charge is -2.34. The maximum Gasteiger partial charge on any atom is 0.338 e. The van der Waals surface area contributed by atoms with Crippen LogP contribution in [0.15, 0.2) is 53.7 Å². The van der Waals surface area contributed by atoms with Crippen LogP contribution in [0, 0.1) is 0 Å². The molecular formula is C21H19Cl3N2O4. The van der Waals surface area contributed by atoms with Gasteiger partial charge in [-0.3, -0.25) is 4.90 Å². The lowest BCUT2D eigenvalue weighted by molar-refractivity contribution is -0.139. The first-order chi connectivity index (χ1) is 14.3. The quantitative estimate of drug-likeness (QED) is 0.588. The summed E-state index contributed by atoms with van der Waals surface area (Å²) < 4.78 is 11.1. The number of ether oxygens (including phenoxy) is 2. The molecule has 2 aromatic rings. The van der Waals surface area contributed by atoms with Crippen LogP contribution >= 0.6 is 34.8 Å². The van der Waals surface area contributed by atoms with Crippen molar-refractivity contribution in [1.82, 2.24) is 10.2 Å². The molecule has 0 spiro atoms. The summed E-state index contributed by atoms with van der Waals surface area (Å²) >= 11 is 18.4. The topological polar surface area (TPSA) is 67.9 Å². The molecule has 0 unspecified atom stereocenters. The van der Waals surface area contributed by atoms with E-state index < -0.39 is 18.0 Å². The molecule has 0 saturated carbocycles. The third-order valence-electron chi connectivity index (χ3n) is 4.52. The summed E-state index contributed by atoms with van der Waals surface area (Å²) in [5.41, 5.74) is 1.10. The zero-order valence-corrected chi connectivity index (χ0v) is 18.5. The average molecular weight is 470 g/mol. The second-order valence-corrected chi connectivity index (χ2v) is 7.71. The summed E-state index contributed by atoms with van der Waals surface area (Å²) in [5, 5.41) is 4.05. The van der Waals surface area contributed by atoms with Gasteiger partial charge < -0.3 is 14.8 Å². The maximum absolute atomic E-state index is 12.9. The number of benzene rings is 2.